The van der Waals surface area contributed by atoms with Gasteiger partial charge in [-0.05, 0) is 36.8 Å². The monoisotopic (exact) mass is 423 g/mol. The second-order valence-corrected chi connectivity index (χ2v) is 8.22. The number of benzene rings is 3. The summed E-state index contributed by atoms with van der Waals surface area (Å²) in [5.74, 6) is -0.207. The molecule has 0 amide bonds. The molecule has 3 aromatic rings. The maximum absolute atomic E-state index is 12.9. The third kappa shape index (κ3) is 3.64. The van der Waals surface area contributed by atoms with Gasteiger partial charge in [0.25, 0.3) is 0 Å². The van der Waals surface area contributed by atoms with Gasteiger partial charge in [0, 0.05) is 16.9 Å². The number of carbonyl (C=O) groups excluding carboxylic acids is 1. The predicted octanol–water partition coefficient (Wildman–Crippen LogP) is 6.36. The van der Waals surface area contributed by atoms with Crippen LogP contribution >= 0.6 is 23.2 Å². The van der Waals surface area contributed by atoms with E-state index in [1.54, 1.807) is 0 Å². The summed E-state index contributed by atoms with van der Waals surface area (Å²) in [6, 6.07) is 28.3. The summed E-state index contributed by atoms with van der Waals surface area (Å²) < 4.78 is 3.82. The summed E-state index contributed by atoms with van der Waals surface area (Å²) >= 11 is 13.3. The van der Waals surface area contributed by atoms with Crippen LogP contribution in [0.25, 0.3) is 5.76 Å². The number of alkyl halides is 2. The SMILES string of the molecule is CC1=C(c2ccccc2)OC(=O)C(Cl)(Cl)[C@H]1N(c1ccccc1)c1ccccc1. The number of hydrogen-bond donors (Lipinski definition) is 0. The number of nitrogens with zero attached hydrogens (tertiary/aromatic N) is 1. The minimum Gasteiger partial charge on any atom is -0.424 e. The molecule has 0 aromatic heterocycles. The Morgan fingerprint density at radius 1 is 0.793 bits per heavy atom. The summed E-state index contributed by atoms with van der Waals surface area (Å²) in [5.41, 5.74) is 3.31. The molecular weight excluding hydrogens is 405 g/mol. The topological polar surface area (TPSA) is 29.5 Å². The normalized spacial score (nSPS) is 18.3. The molecule has 0 radical (unpaired) electrons. The number of rotatable bonds is 4. The lowest BCUT2D eigenvalue weighted by Crippen LogP contribution is -2.53. The van der Waals surface area contributed by atoms with Crippen LogP contribution in [-0.2, 0) is 9.53 Å². The van der Waals surface area contributed by atoms with E-state index in [1.165, 1.54) is 0 Å². The Morgan fingerprint density at radius 2 is 1.24 bits per heavy atom. The smallest absolute Gasteiger partial charge is 0.350 e. The van der Waals surface area contributed by atoms with Crippen LogP contribution in [0.4, 0.5) is 11.4 Å². The van der Waals surface area contributed by atoms with Gasteiger partial charge in [0.05, 0.1) is 0 Å². The molecular formula is C24H19Cl2NO2. The molecule has 3 aromatic carbocycles. The number of halogens is 2. The quantitative estimate of drug-likeness (QED) is 0.361. The molecule has 0 aliphatic carbocycles. The van der Waals surface area contributed by atoms with Crippen LogP contribution in [0.2, 0.25) is 0 Å². The number of para-hydroxylation sites is 2. The number of hydrogen-bond acceptors (Lipinski definition) is 3. The average molecular weight is 424 g/mol. The molecule has 146 valence electrons. The first kappa shape index (κ1) is 19.6. The fourth-order valence-corrected chi connectivity index (χ4v) is 4.20. The second-order valence-electron chi connectivity index (χ2n) is 6.83. The number of anilines is 2. The third-order valence-corrected chi connectivity index (χ3v) is 5.66. The van der Waals surface area contributed by atoms with Gasteiger partial charge in [-0.3, -0.25) is 0 Å². The molecule has 1 heterocycles. The molecule has 1 aliphatic rings. The Morgan fingerprint density at radius 3 is 1.72 bits per heavy atom. The molecule has 3 nitrogen and oxygen atoms in total. The summed E-state index contributed by atoms with van der Waals surface area (Å²) in [6.45, 7) is 1.90. The van der Waals surface area contributed by atoms with E-state index in [1.807, 2.05) is 103 Å². The standard InChI is InChI=1S/C24H19Cl2NO2/c1-17-21(18-11-5-2-6-12-18)29-23(28)24(25,26)22(17)27(19-13-7-3-8-14-19)20-15-9-4-10-16-20/h2-16,22H,1H3/t22-/m0/s1. The maximum atomic E-state index is 12.9. The fourth-order valence-electron chi connectivity index (χ4n) is 3.61. The first-order valence-electron chi connectivity index (χ1n) is 9.26. The lowest BCUT2D eigenvalue weighted by molar-refractivity contribution is -0.138. The average Bonchev–Trinajstić information content (AvgIpc) is 2.76. The van der Waals surface area contributed by atoms with Crippen LogP contribution in [0.5, 0.6) is 0 Å². The van der Waals surface area contributed by atoms with Crippen molar-refractivity contribution in [1.82, 2.24) is 0 Å². The third-order valence-electron chi connectivity index (χ3n) is 4.94. The first-order chi connectivity index (χ1) is 14.0. The molecule has 1 atom stereocenters. The second kappa shape index (κ2) is 7.94. The van der Waals surface area contributed by atoms with Crippen molar-refractivity contribution in [1.29, 1.82) is 0 Å². The number of esters is 1. The van der Waals surface area contributed by atoms with Crippen molar-refractivity contribution >= 4 is 46.3 Å². The largest absolute Gasteiger partial charge is 0.424 e. The molecule has 0 spiro atoms. The van der Waals surface area contributed by atoms with Gasteiger partial charge in [-0.15, -0.1) is 0 Å². The lowest BCUT2D eigenvalue weighted by atomic mass is 9.94. The Kier molecular flexibility index (Phi) is 5.35. The highest BCUT2D eigenvalue weighted by atomic mass is 35.5. The van der Waals surface area contributed by atoms with Crippen LogP contribution < -0.4 is 4.90 Å². The highest BCUT2D eigenvalue weighted by Gasteiger charge is 2.53. The Balaban J connectivity index is 1.95. The van der Waals surface area contributed by atoms with E-state index in [0.717, 1.165) is 22.5 Å². The van der Waals surface area contributed by atoms with Crippen molar-refractivity contribution in [2.24, 2.45) is 0 Å². The number of cyclic esters (lactones) is 1. The molecule has 1 aliphatic heterocycles. The zero-order valence-electron chi connectivity index (χ0n) is 15.8. The molecule has 0 fully saturated rings. The number of carbonyl (C=O) groups is 1. The van der Waals surface area contributed by atoms with E-state index in [-0.39, 0.29) is 0 Å². The molecule has 0 unspecified atom stereocenters. The van der Waals surface area contributed by atoms with E-state index in [2.05, 4.69) is 0 Å². The van der Waals surface area contributed by atoms with Crippen molar-refractivity contribution < 1.29 is 9.53 Å². The van der Waals surface area contributed by atoms with Crippen LogP contribution in [0, 0.1) is 0 Å². The van der Waals surface area contributed by atoms with Crippen molar-refractivity contribution in [2.75, 3.05) is 4.90 Å². The van der Waals surface area contributed by atoms with Gasteiger partial charge >= 0.3 is 5.97 Å². The van der Waals surface area contributed by atoms with Gasteiger partial charge in [0.1, 0.15) is 11.8 Å². The zero-order chi connectivity index (χ0) is 20.4. The minimum absolute atomic E-state index is 0.481. The van der Waals surface area contributed by atoms with E-state index in [0.29, 0.717) is 5.76 Å². The van der Waals surface area contributed by atoms with Crippen LogP contribution in [-0.4, -0.2) is 16.3 Å². The van der Waals surface area contributed by atoms with Crippen LogP contribution in [0.3, 0.4) is 0 Å². The number of ether oxygens (including phenoxy) is 1. The van der Waals surface area contributed by atoms with Crippen molar-refractivity contribution in [3.8, 4) is 0 Å². The van der Waals surface area contributed by atoms with Crippen molar-refractivity contribution in [3.05, 3.63) is 102 Å². The van der Waals surface area contributed by atoms with Crippen molar-refractivity contribution in [2.45, 2.75) is 17.3 Å². The highest BCUT2D eigenvalue weighted by Crippen LogP contribution is 2.46. The van der Waals surface area contributed by atoms with Crippen molar-refractivity contribution in [3.63, 3.8) is 0 Å². The summed E-state index contributed by atoms with van der Waals surface area (Å²) in [5, 5.41) is 0. The van der Waals surface area contributed by atoms with E-state index in [4.69, 9.17) is 27.9 Å². The van der Waals surface area contributed by atoms with E-state index in [9.17, 15) is 4.79 Å². The molecule has 0 N–H and O–H groups in total. The van der Waals surface area contributed by atoms with Crippen LogP contribution in [0.15, 0.2) is 96.6 Å². The molecule has 0 saturated heterocycles. The first-order valence-corrected chi connectivity index (χ1v) is 10.0. The van der Waals surface area contributed by atoms with Gasteiger partial charge in [0.15, 0.2) is 0 Å². The van der Waals surface area contributed by atoms with E-state index >= 15 is 0 Å². The van der Waals surface area contributed by atoms with E-state index < -0.39 is 16.3 Å². The summed E-state index contributed by atoms with van der Waals surface area (Å²) in [7, 11) is 0. The molecule has 4 rings (SSSR count). The predicted molar refractivity (Wildman–Crippen MR) is 118 cm³/mol. The fraction of sp³-hybridized carbons (Fsp3) is 0.125. The van der Waals surface area contributed by atoms with Gasteiger partial charge in [-0.1, -0.05) is 89.9 Å². The summed E-state index contributed by atoms with van der Waals surface area (Å²) in [6.07, 6.45) is 0. The lowest BCUT2D eigenvalue weighted by Gasteiger charge is -2.43. The molecule has 5 heteroatoms. The highest BCUT2D eigenvalue weighted by molar-refractivity contribution is 6.59. The molecule has 29 heavy (non-hydrogen) atoms. The van der Waals surface area contributed by atoms with Gasteiger partial charge in [0.2, 0.25) is 4.33 Å². The minimum atomic E-state index is -1.78. The molecule has 0 saturated carbocycles. The summed E-state index contributed by atoms with van der Waals surface area (Å²) in [4.78, 5) is 14.9. The Bertz CT molecular complexity index is 995. The van der Waals surface area contributed by atoms with Gasteiger partial charge in [-0.2, -0.15) is 0 Å². The zero-order valence-corrected chi connectivity index (χ0v) is 17.3. The maximum Gasteiger partial charge on any atom is 0.350 e. The van der Waals surface area contributed by atoms with Crippen LogP contribution in [0.1, 0.15) is 12.5 Å². The Labute approximate surface area is 180 Å². The Hall–Kier alpha value is -2.75. The van der Waals surface area contributed by atoms with Gasteiger partial charge < -0.3 is 9.64 Å². The van der Waals surface area contributed by atoms with Gasteiger partial charge in [-0.25, -0.2) is 4.79 Å². The molecule has 0 bridgehead atoms.